The molecule has 6 nitrogen and oxygen atoms in total. The maximum atomic E-state index is 12.6. The second-order valence-corrected chi connectivity index (χ2v) is 6.89. The highest BCUT2D eigenvalue weighted by atomic mass is 16.5. The summed E-state index contributed by atoms with van der Waals surface area (Å²) in [5.74, 6) is 0.999. The zero-order valence-electron chi connectivity index (χ0n) is 14.9. The molecule has 25 heavy (non-hydrogen) atoms. The zero-order valence-corrected chi connectivity index (χ0v) is 14.9. The summed E-state index contributed by atoms with van der Waals surface area (Å²) < 4.78 is 5.03. The highest BCUT2D eigenvalue weighted by Gasteiger charge is 2.32. The number of aromatic nitrogens is 1. The zero-order chi connectivity index (χ0) is 17.6. The third-order valence-electron chi connectivity index (χ3n) is 5.42. The van der Waals surface area contributed by atoms with Gasteiger partial charge in [0.15, 0.2) is 0 Å². The highest BCUT2D eigenvalue weighted by molar-refractivity contribution is 5.94. The molecule has 1 aliphatic carbocycles. The number of amides is 1. The van der Waals surface area contributed by atoms with Gasteiger partial charge < -0.3 is 9.64 Å². The van der Waals surface area contributed by atoms with Crippen LogP contribution in [0.25, 0.3) is 0 Å². The molecule has 0 spiro atoms. The van der Waals surface area contributed by atoms with E-state index in [0.29, 0.717) is 30.5 Å². The first kappa shape index (κ1) is 17.7. The van der Waals surface area contributed by atoms with E-state index in [2.05, 4.69) is 16.0 Å². The molecule has 134 valence electrons. The molecule has 1 atom stereocenters. The summed E-state index contributed by atoms with van der Waals surface area (Å²) in [6.45, 7) is 2.86. The van der Waals surface area contributed by atoms with Crippen LogP contribution in [-0.4, -0.2) is 60.0 Å². The monoisotopic (exact) mass is 342 g/mol. The second kappa shape index (κ2) is 8.30. The molecule has 1 amide bonds. The number of methoxy groups -OCH3 is 1. The lowest BCUT2D eigenvalue weighted by Gasteiger charge is -2.40. The molecule has 0 aromatic carbocycles. The summed E-state index contributed by atoms with van der Waals surface area (Å²) in [6.07, 6.45) is 7.67. The number of ether oxygens (including phenoxy) is 1. The lowest BCUT2D eigenvalue weighted by Crippen LogP contribution is -2.53. The number of piperazine rings is 1. The molecular weight excluding hydrogens is 316 g/mol. The van der Waals surface area contributed by atoms with Crippen molar-refractivity contribution in [2.24, 2.45) is 5.92 Å². The molecule has 0 unspecified atom stereocenters. The Morgan fingerprint density at radius 3 is 2.52 bits per heavy atom. The average molecular weight is 342 g/mol. The first-order valence-corrected chi connectivity index (χ1v) is 9.16. The SMILES string of the molecule is COc1ccc(C(=O)N2CCN([C@H](C#N)C3CCCCC3)CC2)cn1. The van der Waals surface area contributed by atoms with Gasteiger partial charge in [0.1, 0.15) is 6.04 Å². The molecule has 2 heterocycles. The van der Waals surface area contributed by atoms with Crippen molar-refractivity contribution in [2.75, 3.05) is 33.3 Å². The van der Waals surface area contributed by atoms with E-state index in [9.17, 15) is 10.1 Å². The van der Waals surface area contributed by atoms with Crippen molar-refractivity contribution in [3.63, 3.8) is 0 Å². The van der Waals surface area contributed by atoms with Crippen molar-refractivity contribution in [1.82, 2.24) is 14.8 Å². The standard InChI is InChI=1S/C19H26N4O2/c1-25-18-8-7-16(14-21-18)19(24)23-11-9-22(10-12-23)17(13-20)15-5-3-2-4-6-15/h7-8,14-15,17H,2-6,9-12H2,1H3/t17-/m1/s1. The van der Waals surface area contributed by atoms with Gasteiger partial charge in [0.25, 0.3) is 5.91 Å². The molecular formula is C19H26N4O2. The third kappa shape index (κ3) is 4.10. The summed E-state index contributed by atoms with van der Waals surface area (Å²) >= 11 is 0. The van der Waals surface area contributed by atoms with Gasteiger partial charge >= 0.3 is 0 Å². The van der Waals surface area contributed by atoms with Crippen LogP contribution in [0.2, 0.25) is 0 Å². The van der Waals surface area contributed by atoms with Gasteiger partial charge in [-0.05, 0) is 24.8 Å². The molecule has 0 bridgehead atoms. The molecule has 1 aromatic rings. The number of nitriles is 1. The van der Waals surface area contributed by atoms with Crippen LogP contribution in [0.15, 0.2) is 18.3 Å². The van der Waals surface area contributed by atoms with Crippen LogP contribution in [0.1, 0.15) is 42.5 Å². The van der Waals surface area contributed by atoms with Gasteiger partial charge in [-0.15, -0.1) is 0 Å². The molecule has 0 radical (unpaired) electrons. The van der Waals surface area contributed by atoms with Gasteiger partial charge in [0, 0.05) is 38.4 Å². The molecule has 3 rings (SSSR count). The molecule has 1 aromatic heterocycles. The number of carbonyl (C=O) groups is 1. The lowest BCUT2D eigenvalue weighted by atomic mass is 9.83. The highest BCUT2D eigenvalue weighted by Crippen LogP contribution is 2.29. The van der Waals surface area contributed by atoms with Gasteiger partial charge in [-0.1, -0.05) is 19.3 Å². The van der Waals surface area contributed by atoms with Gasteiger partial charge in [-0.2, -0.15) is 5.26 Å². The van der Waals surface area contributed by atoms with Crippen LogP contribution >= 0.6 is 0 Å². The lowest BCUT2D eigenvalue weighted by molar-refractivity contribution is 0.0538. The van der Waals surface area contributed by atoms with E-state index in [1.807, 2.05) is 4.90 Å². The van der Waals surface area contributed by atoms with E-state index >= 15 is 0 Å². The van der Waals surface area contributed by atoms with Crippen LogP contribution in [0.3, 0.4) is 0 Å². The maximum absolute atomic E-state index is 12.6. The minimum atomic E-state index is 0.000190. The Hall–Kier alpha value is -2.13. The summed E-state index contributed by atoms with van der Waals surface area (Å²) in [7, 11) is 1.56. The molecule has 0 N–H and O–H groups in total. The fraction of sp³-hybridized carbons (Fsp3) is 0.632. The van der Waals surface area contributed by atoms with Crippen LogP contribution in [-0.2, 0) is 0 Å². The Bertz CT molecular complexity index is 611. The van der Waals surface area contributed by atoms with Crippen LogP contribution < -0.4 is 4.74 Å². The molecule has 1 saturated carbocycles. The van der Waals surface area contributed by atoms with Crippen LogP contribution in [0.4, 0.5) is 0 Å². The quantitative estimate of drug-likeness (QED) is 0.840. The second-order valence-electron chi connectivity index (χ2n) is 6.89. The number of rotatable bonds is 4. The van der Waals surface area contributed by atoms with Gasteiger partial charge in [0.2, 0.25) is 5.88 Å². The normalized spacial score (nSPS) is 20.7. The first-order valence-electron chi connectivity index (χ1n) is 9.16. The van der Waals surface area contributed by atoms with E-state index in [1.54, 1.807) is 25.4 Å². The fourth-order valence-electron chi connectivity index (χ4n) is 3.95. The summed E-state index contributed by atoms with van der Waals surface area (Å²) in [5, 5.41) is 9.64. The number of carbonyl (C=O) groups excluding carboxylic acids is 1. The van der Waals surface area contributed by atoms with Gasteiger partial charge in [-0.25, -0.2) is 4.98 Å². The number of hydrogen-bond donors (Lipinski definition) is 0. The van der Waals surface area contributed by atoms with Crippen molar-refractivity contribution < 1.29 is 9.53 Å². The Morgan fingerprint density at radius 2 is 1.96 bits per heavy atom. The van der Waals surface area contributed by atoms with E-state index in [1.165, 1.54) is 19.3 Å². The Balaban J connectivity index is 1.56. The predicted octanol–water partition coefficient (Wildman–Crippen LogP) is 2.32. The maximum Gasteiger partial charge on any atom is 0.255 e. The summed E-state index contributed by atoms with van der Waals surface area (Å²) in [5.41, 5.74) is 0.582. The minimum absolute atomic E-state index is 0.000190. The Morgan fingerprint density at radius 1 is 1.24 bits per heavy atom. The predicted molar refractivity (Wildman–Crippen MR) is 94.2 cm³/mol. The van der Waals surface area contributed by atoms with Gasteiger partial charge in [-0.3, -0.25) is 9.69 Å². The van der Waals surface area contributed by atoms with Crippen molar-refractivity contribution in [3.05, 3.63) is 23.9 Å². The largest absolute Gasteiger partial charge is 0.481 e. The summed E-state index contributed by atoms with van der Waals surface area (Å²) in [6, 6.07) is 5.99. The van der Waals surface area contributed by atoms with Crippen LogP contribution in [0.5, 0.6) is 5.88 Å². The minimum Gasteiger partial charge on any atom is -0.481 e. The van der Waals surface area contributed by atoms with Crippen LogP contribution in [0, 0.1) is 17.2 Å². The topological polar surface area (TPSA) is 69.5 Å². The van der Waals surface area contributed by atoms with E-state index in [-0.39, 0.29) is 11.9 Å². The van der Waals surface area contributed by atoms with E-state index in [0.717, 1.165) is 25.9 Å². The van der Waals surface area contributed by atoms with E-state index in [4.69, 9.17) is 4.74 Å². The molecule has 1 aliphatic heterocycles. The van der Waals surface area contributed by atoms with E-state index < -0.39 is 0 Å². The summed E-state index contributed by atoms with van der Waals surface area (Å²) in [4.78, 5) is 20.8. The molecule has 1 saturated heterocycles. The number of nitrogens with zero attached hydrogens (tertiary/aromatic N) is 4. The Kier molecular flexibility index (Phi) is 5.87. The fourth-order valence-corrected chi connectivity index (χ4v) is 3.95. The third-order valence-corrected chi connectivity index (χ3v) is 5.42. The number of pyridine rings is 1. The number of hydrogen-bond acceptors (Lipinski definition) is 5. The van der Waals surface area contributed by atoms with Crippen molar-refractivity contribution in [3.8, 4) is 11.9 Å². The van der Waals surface area contributed by atoms with Gasteiger partial charge in [0.05, 0.1) is 18.7 Å². The molecule has 6 heteroatoms. The van der Waals surface area contributed by atoms with Crippen molar-refractivity contribution in [2.45, 2.75) is 38.1 Å². The van der Waals surface area contributed by atoms with Crippen molar-refractivity contribution in [1.29, 1.82) is 5.26 Å². The molecule has 2 fully saturated rings. The average Bonchev–Trinajstić information content (AvgIpc) is 2.69. The van der Waals surface area contributed by atoms with Crippen molar-refractivity contribution >= 4 is 5.91 Å². The molecule has 2 aliphatic rings. The first-order chi connectivity index (χ1) is 12.2. The smallest absolute Gasteiger partial charge is 0.255 e. The Labute approximate surface area is 149 Å².